The van der Waals surface area contributed by atoms with Crippen molar-refractivity contribution >= 4 is 15.9 Å². The molecular formula is C7H4BrF3O. The fraction of sp³-hybridized carbons (Fsp3) is 0.143. The van der Waals surface area contributed by atoms with E-state index >= 15 is 0 Å². The van der Waals surface area contributed by atoms with E-state index in [9.17, 15) is 13.2 Å². The third kappa shape index (κ3) is 1.41. The topological polar surface area (TPSA) is 9.23 Å². The van der Waals surface area contributed by atoms with Crippen LogP contribution < -0.4 is 4.74 Å². The van der Waals surface area contributed by atoms with Crippen LogP contribution in [0.1, 0.15) is 0 Å². The van der Waals surface area contributed by atoms with Gasteiger partial charge in [-0.2, -0.15) is 0 Å². The number of ether oxygens (including phenoxy) is 1. The van der Waals surface area contributed by atoms with Crippen LogP contribution in [-0.2, 0) is 0 Å². The fourth-order valence-corrected chi connectivity index (χ4v) is 1.15. The molecule has 66 valence electrons. The van der Waals surface area contributed by atoms with E-state index in [2.05, 4.69) is 20.7 Å². The second-order valence-corrected chi connectivity index (χ2v) is 2.80. The minimum absolute atomic E-state index is 0.0774. The standard InChI is InChI=1S/C7H4BrF3O/c1-12-4-2-3(9)6(10)7(11)5(4)8/h2H,1H3. The highest BCUT2D eigenvalue weighted by Gasteiger charge is 2.16. The van der Waals surface area contributed by atoms with Gasteiger partial charge in [-0.15, -0.1) is 0 Å². The molecule has 0 N–H and O–H groups in total. The molecule has 0 heterocycles. The number of methoxy groups -OCH3 is 1. The number of rotatable bonds is 1. The summed E-state index contributed by atoms with van der Waals surface area (Å²) in [6.07, 6.45) is 0. The summed E-state index contributed by atoms with van der Waals surface area (Å²) in [6, 6.07) is 0.766. The van der Waals surface area contributed by atoms with Gasteiger partial charge in [0.2, 0.25) is 0 Å². The van der Waals surface area contributed by atoms with Crippen molar-refractivity contribution in [1.82, 2.24) is 0 Å². The summed E-state index contributed by atoms with van der Waals surface area (Å²) in [4.78, 5) is 0. The summed E-state index contributed by atoms with van der Waals surface area (Å²) < 4.78 is 42.0. The highest BCUT2D eigenvalue weighted by Crippen LogP contribution is 2.30. The largest absolute Gasteiger partial charge is 0.495 e. The lowest BCUT2D eigenvalue weighted by atomic mass is 10.3. The minimum Gasteiger partial charge on any atom is -0.495 e. The van der Waals surface area contributed by atoms with Crippen molar-refractivity contribution in [3.05, 3.63) is 28.0 Å². The van der Waals surface area contributed by atoms with E-state index in [0.717, 1.165) is 6.07 Å². The summed E-state index contributed by atoms with van der Waals surface area (Å²) in [7, 11) is 1.23. The van der Waals surface area contributed by atoms with E-state index in [0.29, 0.717) is 0 Å². The van der Waals surface area contributed by atoms with Crippen LogP contribution in [0.4, 0.5) is 13.2 Å². The Bertz CT molecular complexity index is 314. The molecule has 5 heteroatoms. The van der Waals surface area contributed by atoms with Gasteiger partial charge in [0.05, 0.1) is 11.6 Å². The van der Waals surface area contributed by atoms with Crippen LogP contribution in [0.2, 0.25) is 0 Å². The molecule has 12 heavy (non-hydrogen) atoms. The van der Waals surface area contributed by atoms with Crippen molar-refractivity contribution in [2.45, 2.75) is 0 Å². The van der Waals surface area contributed by atoms with Crippen LogP contribution in [0.3, 0.4) is 0 Å². The predicted octanol–water partition coefficient (Wildman–Crippen LogP) is 2.88. The van der Waals surface area contributed by atoms with Gasteiger partial charge in [-0.25, -0.2) is 13.2 Å². The van der Waals surface area contributed by atoms with E-state index < -0.39 is 17.5 Å². The van der Waals surface area contributed by atoms with E-state index in [-0.39, 0.29) is 10.2 Å². The van der Waals surface area contributed by atoms with Crippen molar-refractivity contribution in [3.63, 3.8) is 0 Å². The molecule has 0 aliphatic heterocycles. The quantitative estimate of drug-likeness (QED) is 0.542. The Morgan fingerprint density at radius 2 is 1.83 bits per heavy atom. The maximum atomic E-state index is 12.7. The molecule has 1 nitrogen and oxygen atoms in total. The maximum absolute atomic E-state index is 12.7. The van der Waals surface area contributed by atoms with E-state index in [1.807, 2.05) is 0 Å². The van der Waals surface area contributed by atoms with Crippen molar-refractivity contribution in [3.8, 4) is 5.75 Å². The zero-order valence-electron chi connectivity index (χ0n) is 6.00. The second-order valence-electron chi connectivity index (χ2n) is 2.00. The summed E-state index contributed by atoms with van der Waals surface area (Å²) in [6.45, 7) is 0. The molecule has 0 radical (unpaired) electrons. The molecule has 0 bridgehead atoms. The number of hydrogen-bond donors (Lipinski definition) is 0. The van der Waals surface area contributed by atoms with Crippen LogP contribution in [0.25, 0.3) is 0 Å². The first-order valence-electron chi connectivity index (χ1n) is 2.95. The molecule has 0 atom stereocenters. The van der Waals surface area contributed by atoms with Crippen LogP contribution >= 0.6 is 15.9 Å². The predicted molar refractivity (Wildman–Crippen MR) is 40.6 cm³/mol. The van der Waals surface area contributed by atoms with Gasteiger partial charge in [0.25, 0.3) is 0 Å². The van der Waals surface area contributed by atoms with Gasteiger partial charge in [-0.05, 0) is 15.9 Å². The highest BCUT2D eigenvalue weighted by molar-refractivity contribution is 9.10. The highest BCUT2D eigenvalue weighted by atomic mass is 79.9. The van der Waals surface area contributed by atoms with E-state index in [4.69, 9.17) is 0 Å². The van der Waals surface area contributed by atoms with Gasteiger partial charge in [0.1, 0.15) is 5.75 Å². The Balaban J connectivity index is 3.39. The smallest absolute Gasteiger partial charge is 0.195 e. The lowest BCUT2D eigenvalue weighted by Crippen LogP contribution is -1.95. The SMILES string of the molecule is COc1cc(F)c(F)c(F)c1Br. The van der Waals surface area contributed by atoms with Crippen molar-refractivity contribution < 1.29 is 17.9 Å². The number of halogens is 4. The van der Waals surface area contributed by atoms with Crippen LogP contribution in [0, 0.1) is 17.5 Å². The van der Waals surface area contributed by atoms with E-state index in [1.165, 1.54) is 7.11 Å². The average molecular weight is 241 g/mol. The molecule has 1 aromatic carbocycles. The second kappa shape index (κ2) is 3.35. The van der Waals surface area contributed by atoms with Crippen molar-refractivity contribution in [2.75, 3.05) is 7.11 Å². The van der Waals surface area contributed by atoms with Crippen LogP contribution in [0.5, 0.6) is 5.75 Å². The average Bonchev–Trinajstić information content (AvgIpc) is 2.08. The summed E-state index contributed by atoms with van der Waals surface area (Å²) in [5, 5.41) is 0. The van der Waals surface area contributed by atoms with Crippen LogP contribution in [-0.4, -0.2) is 7.11 Å². The normalized spacial score (nSPS) is 10.1. The Kier molecular flexibility index (Phi) is 2.62. The summed E-state index contributed by atoms with van der Waals surface area (Å²) in [5.41, 5.74) is 0. The molecule has 0 spiro atoms. The third-order valence-corrected chi connectivity index (χ3v) is 2.03. The van der Waals surface area contributed by atoms with Gasteiger partial charge in [0, 0.05) is 6.07 Å². The van der Waals surface area contributed by atoms with Crippen molar-refractivity contribution in [2.24, 2.45) is 0 Å². The van der Waals surface area contributed by atoms with Gasteiger partial charge in [-0.3, -0.25) is 0 Å². The molecule has 0 saturated carbocycles. The Morgan fingerprint density at radius 1 is 1.25 bits per heavy atom. The minimum atomic E-state index is -1.51. The lowest BCUT2D eigenvalue weighted by Gasteiger charge is -2.04. The first kappa shape index (κ1) is 9.38. The van der Waals surface area contributed by atoms with Crippen LogP contribution in [0.15, 0.2) is 10.5 Å². The van der Waals surface area contributed by atoms with Gasteiger partial charge in [-0.1, -0.05) is 0 Å². The number of hydrogen-bond acceptors (Lipinski definition) is 1. The maximum Gasteiger partial charge on any atom is 0.195 e. The molecule has 0 aliphatic rings. The first-order valence-corrected chi connectivity index (χ1v) is 3.74. The van der Waals surface area contributed by atoms with Gasteiger partial charge < -0.3 is 4.74 Å². The molecule has 1 aromatic rings. The Morgan fingerprint density at radius 3 is 2.33 bits per heavy atom. The Labute approximate surface area is 75.3 Å². The molecule has 0 amide bonds. The molecule has 0 saturated heterocycles. The monoisotopic (exact) mass is 240 g/mol. The Hall–Kier alpha value is -0.710. The van der Waals surface area contributed by atoms with Gasteiger partial charge >= 0.3 is 0 Å². The zero-order valence-corrected chi connectivity index (χ0v) is 7.58. The lowest BCUT2D eigenvalue weighted by molar-refractivity contribution is 0.386. The molecule has 0 fully saturated rings. The van der Waals surface area contributed by atoms with Crippen molar-refractivity contribution in [1.29, 1.82) is 0 Å². The summed E-state index contributed by atoms with van der Waals surface area (Å²) in [5.74, 6) is -4.14. The molecule has 0 aromatic heterocycles. The van der Waals surface area contributed by atoms with Gasteiger partial charge in [0.15, 0.2) is 17.5 Å². The number of benzene rings is 1. The first-order chi connectivity index (χ1) is 5.57. The molecule has 0 aliphatic carbocycles. The molecular weight excluding hydrogens is 237 g/mol. The molecule has 0 unspecified atom stereocenters. The molecule has 1 rings (SSSR count). The third-order valence-electron chi connectivity index (χ3n) is 1.29. The zero-order chi connectivity index (χ0) is 9.30. The summed E-state index contributed by atoms with van der Waals surface area (Å²) >= 11 is 2.72. The van der Waals surface area contributed by atoms with E-state index in [1.54, 1.807) is 0 Å². The fourth-order valence-electron chi connectivity index (χ4n) is 0.700.